The highest BCUT2D eigenvalue weighted by molar-refractivity contribution is 5.93. The molecule has 0 unspecified atom stereocenters. The van der Waals surface area contributed by atoms with Crippen LogP contribution in [0.15, 0.2) is 73.2 Å². The van der Waals surface area contributed by atoms with E-state index in [9.17, 15) is 10.1 Å². The number of anilines is 3. The standard InChI is InChI=1S/C32H37N9O2/c1-40-22-26(21-37-40)24-8-12-28(13-9-24)41(32(43)36-19-23-6-3-2-4-7-23)29-14-10-27(11-15-29)38-31-35-20-25(18-33)30(39-31)34-16-5-17-42/h2-4,6-9,12-13,20-22,27,29,42H,5,10-11,14-17,19H2,1H3,(H,36,43)(H2,34,35,38,39). The van der Waals surface area contributed by atoms with Gasteiger partial charge in [0.1, 0.15) is 17.5 Å². The third-order valence-electron chi connectivity index (χ3n) is 7.62. The van der Waals surface area contributed by atoms with Gasteiger partial charge in [-0.25, -0.2) is 9.78 Å². The smallest absolute Gasteiger partial charge is 0.322 e. The summed E-state index contributed by atoms with van der Waals surface area (Å²) in [6.07, 6.45) is 9.14. The monoisotopic (exact) mass is 579 g/mol. The van der Waals surface area contributed by atoms with Crippen molar-refractivity contribution in [3.63, 3.8) is 0 Å². The summed E-state index contributed by atoms with van der Waals surface area (Å²) in [7, 11) is 1.89. The number of hydrogen-bond donors (Lipinski definition) is 4. The van der Waals surface area contributed by atoms with Crippen molar-refractivity contribution in [1.29, 1.82) is 5.26 Å². The molecule has 0 saturated heterocycles. The van der Waals surface area contributed by atoms with Gasteiger partial charge in [0.05, 0.1) is 12.4 Å². The lowest BCUT2D eigenvalue weighted by molar-refractivity contribution is 0.240. The molecule has 0 atom stereocenters. The number of benzene rings is 2. The van der Waals surface area contributed by atoms with Gasteiger partial charge in [-0.3, -0.25) is 9.58 Å². The lowest BCUT2D eigenvalue weighted by Crippen LogP contribution is -2.48. The number of hydrogen-bond acceptors (Lipinski definition) is 8. The lowest BCUT2D eigenvalue weighted by atomic mass is 9.90. The van der Waals surface area contributed by atoms with E-state index < -0.39 is 0 Å². The van der Waals surface area contributed by atoms with Gasteiger partial charge in [0.2, 0.25) is 5.95 Å². The van der Waals surface area contributed by atoms with Crippen LogP contribution < -0.4 is 20.9 Å². The molecule has 0 bridgehead atoms. The maximum absolute atomic E-state index is 13.7. The Hall–Kier alpha value is -4.95. The average molecular weight is 580 g/mol. The molecular weight excluding hydrogens is 542 g/mol. The van der Waals surface area contributed by atoms with E-state index in [4.69, 9.17) is 5.11 Å². The van der Waals surface area contributed by atoms with E-state index in [1.807, 2.05) is 78.9 Å². The third-order valence-corrected chi connectivity index (χ3v) is 7.62. The van der Waals surface area contributed by atoms with Gasteiger partial charge in [0, 0.05) is 56.3 Å². The normalized spacial score (nSPS) is 16.2. The molecule has 0 spiro atoms. The number of amides is 2. The summed E-state index contributed by atoms with van der Waals surface area (Å²) in [6.45, 7) is 1.02. The van der Waals surface area contributed by atoms with Gasteiger partial charge in [-0.1, -0.05) is 42.5 Å². The number of aliphatic hydroxyl groups excluding tert-OH is 1. The van der Waals surface area contributed by atoms with Crippen LogP contribution in [0.2, 0.25) is 0 Å². The third kappa shape index (κ3) is 7.67. The Labute approximate surface area is 251 Å². The molecule has 2 aromatic carbocycles. The van der Waals surface area contributed by atoms with Gasteiger partial charge in [-0.15, -0.1) is 0 Å². The van der Waals surface area contributed by atoms with Crippen molar-refractivity contribution in [3.05, 3.63) is 84.3 Å². The molecule has 1 saturated carbocycles. The Bertz CT molecular complexity index is 1520. The van der Waals surface area contributed by atoms with E-state index in [0.717, 1.165) is 48.1 Å². The number of nitriles is 1. The molecule has 2 amide bonds. The van der Waals surface area contributed by atoms with Crippen LogP contribution in [-0.4, -0.2) is 56.1 Å². The summed E-state index contributed by atoms with van der Waals surface area (Å²) < 4.78 is 1.77. The highest BCUT2D eigenvalue weighted by atomic mass is 16.3. The van der Waals surface area contributed by atoms with E-state index in [1.54, 1.807) is 4.68 Å². The van der Waals surface area contributed by atoms with Gasteiger partial charge < -0.3 is 21.1 Å². The Kier molecular flexibility index (Phi) is 9.82. The number of nitrogens with one attached hydrogen (secondary N) is 3. The van der Waals surface area contributed by atoms with Crippen molar-refractivity contribution in [1.82, 2.24) is 25.1 Å². The van der Waals surface area contributed by atoms with Crippen molar-refractivity contribution in [2.24, 2.45) is 7.05 Å². The van der Waals surface area contributed by atoms with E-state index in [-0.39, 0.29) is 24.7 Å². The minimum absolute atomic E-state index is 0.0238. The zero-order valence-corrected chi connectivity index (χ0v) is 24.3. The Morgan fingerprint density at radius 3 is 2.51 bits per heavy atom. The molecule has 5 rings (SSSR count). The first-order valence-corrected chi connectivity index (χ1v) is 14.6. The van der Waals surface area contributed by atoms with Crippen LogP contribution in [0.3, 0.4) is 0 Å². The second-order valence-corrected chi connectivity index (χ2v) is 10.7. The first-order valence-electron chi connectivity index (χ1n) is 14.6. The number of carbonyl (C=O) groups is 1. The molecular formula is C32H37N9O2. The number of rotatable bonds is 11. The van der Waals surface area contributed by atoms with Crippen molar-refractivity contribution < 1.29 is 9.90 Å². The first kappa shape index (κ1) is 29.5. The topological polar surface area (TPSA) is 144 Å². The predicted octanol–water partition coefficient (Wildman–Crippen LogP) is 4.68. The average Bonchev–Trinajstić information content (AvgIpc) is 3.48. The highest BCUT2D eigenvalue weighted by Gasteiger charge is 2.30. The fraction of sp³-hybridized carbons (Fsp3) is 0.344. The SMILES string of the molecule is Cn1cc(-c2ccc(N(C(=O)NCc3ccccc3)C3CCC(Nc4ncc(C#N)c(NCCCO)n4)CC3)cc2)cn1. The second-order valence-electron chi connectivity index (χ2n) is 10.7. The van der Waals surface area contributed by atoms with Crippen molar-refractivity contribution >= 4 is 23.5 Å². The predicted molar refractivity (Wildman–Crippen MR) is 166 cm³/mol. The minimum atomic E-state index is -0.122. The molecule has 0 radical (unpaired) electrons. The molecule has 4 N–H and O–H groups in total. The fourth-order valence-electron chi connectivity index (χ4n) is 5.35. The lowest BCUT2D eigenvalue weighted by Gasteiger charge is -2.37. The first-order chi connectivity index (χ1) is 21.0. The van der Waals surface area contributed by atoms with Gasteiger partial charge in [-0.2, -0.15) is 15.3 Å². The summed E-state index contributed by atoms with van der Waals surface area (Å²) in [4.78, 5) is 24.4. The van der Waals surface area contributed by atoms with Crippen molar-refractivity contribution in [3.8, 4) is 17.2 Å². The van der Waals surface area contributed by atoms with Gasteiger partial charge >= 0.3 is 6.03 Å². The number of carbonyl (C=O) groups excluding carboxylic acids is 1. The van der Waals surface area contributed by atoms with Gasteiger partial charge in [-0.05, 0) is 55.4 Å². The number of aryl methyl sites for hydroxylation is 1. The molecule has 222 valence electrons. The van der Waals surface area contributed by atoms with Crippen molar-refractivity contribution in [2.45, 2.75) is 50.7 Å². The second kappa shape index (κ2) is 14.3. The Balaban J connectivity index is 1.27. The van der Waals surface area contributed by atoms with Crippen LogP contribution in [0.25, 0.3) is 11.1 Å². The van der Waals surface area contributed by atoms with Crippen LogP contribution in [0.1, 0.15) is 43.2 Å². The Morgan fingerprint density at radius 2 is 1.84 bits per heavy atom. The summed E-state index contributed by atoms with van der Waals surface area (Å²) in [5.41, 5.74) is 4.32. The number of urea groups is 1. The quantitative estimate of drug-likeness (QED) is 0.188. The summed E-state index contributed by atoms with van der Waals surface area (Å²) in [5.74, 6) is 0.913. The van der Waals surface area contributed by atoms with E-state index >= 15 is 0 Å². The molecule has 11 nitrogen and oxygen atoms in total. The summed E-state index contributed by atoms with van der Waals surface area (Å²) in [6, 6.07) is 20.1. The van der Waals surface area contributed by atoms with Gasteiger partial charge in [0.25, 0.3) is 0 Å². The molecule has 0 aliphatic heterocycles. The van der Waals surface area contributed by atoms with Crippen LogP contribution in [0.5, 0.6) is 0 Å². The maximum Gasteiger partial charge on any atom is 0.322 e. The molecule has 2 heterocycles. The largest absolute Gasteiger partial charge is 0.396 e. The van der Waals surface area contributed by atoms with Crippen LogP contribution in [0.4, 0.5) is 22.2 Å². The Morgan fingerprint density at radius 1 is 1.07 bits per heavy atom. The van der Waals surface area contributed by atoms with E-state index in [1.165, 1.54) is 6.20 Å². The van der Waals surface area contributed by atoms with Crippen LogP contribution in [0, 0.1) is 11.3 Å². The zero-order valence-electron chi connectivity index (χ0n) is 24.3. The van der Waals surface area contributed by atoms with E-state index in [0.29, 0.717) is 36.8 Å². The molecule has 1 fully saturated rings. The molecule has 2 aromatic heterocycles. The minimum Gasteiger partial charge on any atom is -0.396 e. The number of aromatic nitrogens is 4. The van der Waals surface area contributed by atoms with Crippen molar-refractivity contribution in [2.75, 3.05) is 28.7 Å². The molecule has 43 heavy (non-hydrogen) atoms. The molecule has 1 aliphatic carbocycles. The fourth-order valence-corrected chi connectivity index (χ4v) is 5.35. The zero-order chi connectivity index (χ0) is 30.0. The molecule has 11 heteroatoms. The van der Waals surface area contributed by atoms with Crippen LogP contribution in [-0.2, 0) is 13.6 Å². The maximum atomic E-state index is 13.7. The highest BCUT2D eigenvalue weighted by Crippen LogP contribution is 2.31. The summed E-state index contributed by atoms with van der Waals surface area (Å²) >= 11 is 0. The number of aliphatic hydroxyl groups is 1. The molecule has 4 aromatic rings. The number of nitrogens with zero attached hydrogens (tertiary/aromatic N) is 6. The molecule has 1 aliphatic rings. The van der Waals surface area contributed by atoms with Gasteiger partial charge in [0.15, 0.2) is 0 Å². The summed E-state index contributed by atoms with van der Waals surface area (Å²) in [5, 5.41) is 32.4. The van der Waals surface area contributed by atoms with E-state index in [2.05, 4.69) is 37.1 Å². The van der Waals surface area contributed by atoms with Crippen LogP contribution >= 0.6 is 0 Å².